The molecular formula is C25H29N3O2. The number of urea groups is 1. The Morgan fingerprint density at radius 3 is 2.57 bits per heavy atom. The summed E-state index contributed by atoms with van der Waals surface area (Å²) in [7, 11) is 0. The molecule has 0 bridgehead atoms. The average Bonchev–Trinajstić information content (AvgIpc) is 3.23. The number of fused-ring (bicyclic) bond motifs is 1. The lowest BCUT2D eigenvalue weighted by molar-refractivity contribution is 0.181. The normalized spacial score (nSPS) is 15.7. The summed E-state index contributed by atoms with van der Waals surface area (Å²) in [4.78, 5) is 15.3. The fourth-order valence-corrected chi connectivity index (χ4v) is 4.05. The van der Waals surface area contributed by atoms with Gasteiger partial charge in [0, 0.05) is 25.0 Å². The lowest BCUT2D eigenvalue weighted by Gasteiger charge is -2.37. The first-order valence-electron chi connectivity index (χ1n) is 10.6. The van der Waals surface area contributed by atoms with Crippen LogP contribution in [0.2, 0.25) is 0 Å². The maximum absolute atomic E-state index is 13.4. The van der Waals surface area contributed by atoms with E-state index in [0.29, 0.717) is 30.5 Å². The highest BCUT2D eigenvalue weighted by molar-refractivity contribution is 5.91. The van der Waals surface area contributed by atoms with E-state index < -0.39 is 0 Å². The maximum Gasteiger partial charge on any atom is 0.322 e. The molecule has 3 aromatic rings. The van der Waals surface area contributed by atoms with Crippen molar-refractivity contribution in [1.29, 1.82) is 0 Å². The molecule has 5 heteroatoms. The Morgan fingerprint density at radius 1 is 1.07 bits per heavy atom. The highest BCUT2D eigenvalue weighted by atomic mass is 16.5. The molecule has 2 amide bonds. The number of ether oxygens (including phenoxy) is 1. The van der Waals surface area contributed by atoms with Crippen LogP contribution >= 0.6 is 0 Å². The summed E-state index contributed by atoms with van der Waals surface area (Å²) in [5, 5.41) is 3.07. The minimum absolute atomic E-state index is 0.118. The topological polar surface area (TPSA) is 46.5 Å². The first-order valence-corrected chi connectivity index (χ1v) is 10.6. The number of hydrogen-bond donors (Lipinski definition) is 1. The lowest BCUT2D eigenvalue weighted by Crippen LogP contribution is -2.44. The van der Waals surface area contributed by atoms with Gasteiger partial charge in [-0.05, 0) is 48.2 Å². The number of benzene rings is 2. The Hall–Kier alpha value is -3.21. The van der Waals surface area contributed by atoms with Crippen molar-refractivity contribution in [3.8, 4) is 5.75 Å². The van der Waals surface area contributed by atoms with E-state index in [1.807, 2.05) is 36.1 Å². The standard InChI is InChI=1S/C25H29N3O2/c1-4-30-23-10-6-5-8-21(23)26-25(29)28-17-16-27-15-7-9-22(27)24(28)20-13-11-19(12-14-20)18(2)3/h5-15,18,24H,4,16-17H2,1-3H3,(H,26,29). The molecule has 1 aliphatic heterocycles. The molecule has 0 radical (unpaired) electrons. The van der Waals surface area contributed by atoms with Crippen LogP contribution in [-0.4, -0.2) is 28.6 Å². The molecule has 1 aliphatic rings. The zero-order valence-corrected chi connectivity index (χ0v) is 17.8. The first kappa shape index (κ1) is 20.1. The predicted octanol–water partition coefficient (Wildman–Crippen LogP) is 5.65. The number of anilines is 1. The molecule has 1 atom stereocenters. The highest BCUT2D eigenvalue weighted by Crippen LogP contribution is 2.34. The van der Waals surface area contributed by atoms with Crippen molar-refractivity contribution in [3.63, 3.8) is 0 Å². The Balaban J connectivity index is 1.65. The summed E-state index contributed by atoms with van der Waals surface area (Å²) in [6.07, 6.45) is 2.09. The zero-order valence-electron chi connectivity index (χ0n) is 17.8. The second-order valence-corrected chi connectivity index (χ2v) is 7.90. The third kappa shape index (κ3) is 3.92. The smallest absolute Gasteiger partial charge is 0.322 e. The van der Waals surface area contributed by atoms with Crippen LogP contribution < -0.4 is 10.1 Å². The van der Waals surface area contributed by atoms with Crippen molar-refractivity contribution in [3.05, 3.63) is 83.7 Å². The van der Waals surface area contributed by atoms with Gasteiger partial charge in [-0.3, -0.25) is 0 Å². The number of nitrogens with one attached hydrogen (secondary N) is 1. The van der Waals surface area contributed by atoms with E-state index in [1.54, 1.807) is 0 Å². The summed E-state index contributed by atoms with van der Waals surface area (Å²) in [5.74, 6) is 1.16. The summed E-state index contributed by atoms with van der Waals surface area (Å²) >= 11 is 0. The summed E-state index contributed by atoms with van der Waals surface area (Å²) in [6, 6.07) is 20.1. The van der Waals surface area contributed by atoms with Crippen molar-refractivity contribution in [2.45, 2.75) is 39.3 Å². The molecule has 0 fully saturated rings. The highest BCUT2D eigenvalue weighted by Gasteiger charge is 2.32. The number of aromatic nitrogens is 1. The van der Waals surface area contributed by atoms with E-state index in [4.69, 9.17) is 4.74 Å². The molecule has 2 aromatic carbocycles. The number of para-hydroxylation sites is 2. The van der Waals surface area contributed by atoms with Crippen LogP contribution in [0, 0.1) is 0 Å². The second kappa shape index (κ2) is 8.66. The molecule has 5 nitrogen and oxygen atoms in total. The molecular weight excluding hydrogens is 374 g/mol. The largest absolute Gasteiger partial charge is 0.492 e. The van der Waals surface area contributed by atoms with Gasteiger partial charge in [-0.1, -0.05) is 50.2 Å². The van der Waals surface area contributed by atoms with Gasteiger partial charge in [-0.15, -0.1) is 0 Å². The van der Waals surface area contributed by atoms with Crippen LogP contribution in [0.4, 0.5) is 10.5 Å². The number of rotatable bonds is 5. The molecule has 156 valence electrons. The molecule has 0 saturated heterocycles. The monoisotopic (exact) mass is 403 g/mol. The number of amides is 2. The molecule has 1 aromatic heterocycles. The quantitative estimate of drug-likeness (QED) is 0.599. The molecule has 2 heterocycles. The van der Waals surface area contributed by atoms with Crippen molar-refractivity contribution >= 4 is 11.7 Å². The Morgan fingerprint density at radius 2 is 1.83 bits per heavy atom. The van der Waals surface area contributed by atoms with Gasteiger partial charge in [0.1, 0.15) is 5.75 Å². The van der Waals surface area contributed by atoms with Gasteiger partial charge in [0.2, 0.25) is 0 Å². The number of carbonyl (C=O) groups excluding carboxylic acids is 1. The second-order valence-electron chi connectivity index (χ2n) is 7.90. The van der Waals surface area contributed by atoms with Crippen LogP contribution in [0.15, 0.2) is 66.9 Å². The van der Waals surface area contributed by atoms with Crippen LogP contribution in [0.1, 0.15) is 49.6 Å². The Labute approximate surface area is 178 Å². The first-order chi connectivity index (χ1) is 14.6. The van der Waals surface area contributed by atoms with E-state index >= 15 is 0 Å². The predicted molar refractivity (Wildman–Crippen MR) is 120 cm³/mol. The van der Waals surface area contributed by atoms with E-state index in [9.17, 15) is 4.79 Å². The van der Waals surface area contributed by atoms with Crippen LogP contribution in [0.25, 0.3) is 0 Å². The Bertz CT molecular complexity index is 1010. The minimum atomic E-state index is -0.130. The summed E-state index contributed by atoms with van der Waals surface area (Å²) in [5.41, 5.74) is 4.24. The summed E-state index contributed by atoms with van der Waals surface area (Å²) < 4.78 is 7.91. The SMILES string of the molecule is CCOc1ccccc1NC(=O)N1CCn2cccc2C1c1ccc(C(C)C)cc1. The number of carbonyl (C=O) groups is 1. The van der Waals surface area contributed by atoms with Gasteiger partial charge >= 0.3 is 6.03 Å². The molecule has 0 saturated carbocycles. The van der Waals surface area contributed by atoms with Crippen LogP contribution in [0.3, 0.4) is 0 Å². The molecule has 1 N–H and O–H groups in total. The maximum atomic E-state index is 13.4. The van der Waals surface area contributed by atoms with Gasteiger partial charge in [-0.2, -0.15) is 0 Å². The van der Waals surface area contributed by atoms with Crippen molar-refractivity contribution in [1.82, 2.24) is 9.47 Å². The molecule has 0 aliphatic carbocycles. The van der Waals surface area contributed by atoms with Crippen molar-refractivity contribution < 1.29 is 9.53 Å². The molecule has 4 rings (SSSR count). The van der Waals surface area contributed by atoms with E-state index in [1.165, 1.54) is 5.56 Å². The Kier molecular flexibility index (Phi) is 5.79. The number of hydrogen-bond acceptors (Lipinski definition) is 2. The fraction of sp³-hybridized carbons (Fsp3) is 0.320. The van der Waals surface area contributed by atoms with E-state index in [2.05, 4.69) is 66.3 Å². The van der Waals surface area contributed by atoms with Gasteiger partial charge in [0.05, 0.1) is 18.3 Å². The molecule has 30 heavy (non-hydrogen) atoms. The third-order valence-corrected chi connectivity index (χ3v) is 5.65. The fourth-order valence-electron chi connectivity index (χ4n) is 4.05. The molecule has 0 spiro atoms. The average molecular weight is 404 g/mol. The van der Waals surface area contributed by atoms with E-state index in [0.717, 1.165) is 17.8 Å². The number of nitrogens with zero attached hydrogens (tertiary/aromatic N) is 2. The van der Waals surface area contributed by atoms with Gasteiger partial charge in [0.15, 0.2) is 0 Å². The van der Waals surface area contributed by atoms with Gasteiger partial charge < -0.3 is 19.5 Å². The van der Waals surface area contributed by atoms with E-state index in [-0.39, 0.29) is 12.1 Å². The summed E-state index contributed by atoms with van der Waals surface area (Å²) in [6.45, 7) is 8.29. The lowest BCUT2D eigenvalue weighted by atomic mass is 9.96. The third-order valence-electron chi connectivity index (χ3n) is 5.65. The van der Waals surface area contributed by atoms with Crippen molar-refractivity contribution in [2.24, 2.45) is 0 Å². The minimum Gasteiger partial charge on any atom is -0.492 e. The molecule has 1 unspecified atom stereocenters. The van der Waals surface area contributed by atoms with Crippen LogP contribution in [-0.2, 0) is 6.54 Å². The van der Waals surface area contributed by atoms with Gasteiger partial charge in [-0.25, -0.2) is 4.79 Å². The van der Waals surface area contributed by atoms with Gasteiger partial charge in [0.25, 0.3) is 0 Å². The van der Waals surface area contributed by atoms with Crippen molar-refractivity contribution in [2.75, 3.05) is 18.5 Å². The zero-order chi connectivity index (χ0) is 21.1. The van der Waals surface area contributed by atoms with Crippen LogP contribution in [0.5, 0.6) is 5.75 Å².